The number of hydrogen-bond donors (Lipinski definition) is 1. The number of fused-ring (bicyclic) bond motifs is 2. The van der Waals surface area contributed by atoms with Gasteiger partial charge in [-0.05, 0) is 37.5 Å². The highest BCUT2D eigenvalue weighted by Crippen LogP contribution is 2.38. The molecule has 0 amide bonds. The molecule has 19 heavy (non-hydrogen) atoms. The van der Waals surface area contributed by atoms with Crippen LogP contribution in [0.15, 0.2) is 33.6 Å². The first-order valence-electron chi connectivity index (χ1n) is 6.45. The van der Waals surface area contributed by atoms with E-state index < -0.39 is 10.0 Å². The molecule has 3 rings (SSSR count). The van der Waals surface area contributed by atoms with Crippen LogP contribution in [0.4, 0.5) is 0 Å². The van der Waals surface area contributed by atoms with Gasteiger partial charge in [-0.3, -0.25) is 0 Å². The van der Waals surface area contributed by atoms with Crippen molar-refractivity contribution in [2.45, 2.75) is 36.4 Å². The van der Waals surface area contributed by atoms with Crippen molar-refractivity contribution in [1.82, 2.24) is 4.72 Å². The fraction of sp³-hybridized carbons (Fsp3) is 0.538. The number of ether oxygens (including phenoxy) is 1. The van der Waals surface area contributed by atoms with E-state index in [-0.39, 0.29) is 6.10 Å². The monoisotopic (exact) mass is 345 g/mol. The van der Waals surface area contributed by atoms with Crippen LogP contribution in [0, 0.1) is 5.92 Å². The van der Waals surface area contributed by atoms with Crippen molar-refractivity contribution in [3.05, 3.63) is 28.7 Å². The normalized spacial score (nSPS) is 29.8. The minimum atomic E-state index is -3.42. The molecule has 3 unspecified atom stereocenters. The Morgan fingerprint density at radius 1 is 1.37 bits per heavy atom. The quantitative estimate of drug-likeness (QED) is 0.910. The van der Waals surface area contributed by atoms with E-state index in [1.165, 1.54) is 0 Å². The van der Waals surface area contributed by atoms with Crippen molar-refractivity contribution in [3.63, 3.8) is 0 Å². The molecule has 0 aromatic heterocycles. The van der Waals surface area contributed by atoms with Crippen LogP contribution in [0.25, 0.3) is 0 Å². The highest BCUT2D eigenvalue weighted by molar-refractivity contribution is 9.10. The average Bonchev–Trinajstić information content (AvgIpc) is 2.98. The van der Waals surface area contributed by atoms with Gasteiger partial charge in [-0.2, -0.15) is 0 Å². The van der Waals surface area contributed by atoms with Gasteiger partial charge in [0.2, 0.25) is 10.0 Å². The van der Waals surface area contributed by atoms with Crippen molar-refractivity contribution in [3.8, 4) is 0 Å². The van der Waals surface area contributed by atoms with Crippen LogP contribution in [0.3, 0.4) is 0 Å². The van der Waals surface area contributed by atoms with Crippen molar-refractivity contribution in [2.24, 2.45) is 5.92 Å². The van der Waals surface area contributed by atoms with Gasteiger partial charge in [-0.1, -0.05) is 22.0 Å². The molecule has 1 N–H and O–H groups in total. The molecule has 4 nitrogen and oxygen atoms in total. The van der Waals surface area contributed by atoms with E-state index in [2.05, 4.69) is 20.7 Å². The lowest BCUT2D eigenvalue weighted by atomic mass is 9.89. The lowest BCUT2D eigenvalue weighted by Crippen LogP contribution is -2.33. The standard InChI is InChI=1S/C13H16BrNO3S/c14-10-2-1-3-12(7-10)19(16,17)15-8-9-6-11-4-5-13(9)18-11/h1-3,7,9,11,13,15H,4-6,8H2. The van der Waals surface area contributed by atoms with Gasteiger partial charge in [0, 0.05) is 16.9 Å². The molecule has 1 aromatic rings. The van der Waals surface area contributed by atoms with Crippen LogP contribution in [-0.4, -0.2) is 27.2 Å². The Bertz CT molecular complexity index is 575. The summed E-state index contributed by atoms with van der Waals surface area (Å²) in [5, 5.41) is 0. The molecule has 3 atom stereocenters. The second-order valence-electron chi connectivity index (χ2n) is 5.18. The Morgan fingerprint density at radius 3 is 2.84 bits per heavy atom. The van der Waals surface area contributed by atoms with E-state index in [1.54, 1.807) is 18.2 Å². The van der Waals surface area contributed by atoms with E-state index >= 15 is 0 Å². The van der Waals surface area contributed by atoms with Gasteiger partial charge in [0.25, 0.3) is 0 Å². The Hall–Kier alpha value is -0.430. The van der Waals surface area contributed by atoms with E-state index in [9.17, 15) is 8.42 Å². The molecule has 2 aliphatic rings. The van der Waals surface area contributed by atoms with E-state index in [4.69, 9.17) is 4.74 Å². The molecule has 0 spiro atoms. The lowest BCUT2D eigenvalue weighted by Gasteiger charge is -2.18. The molecule has 2 saturated heterocycles. The van der Waals surface area contributed by atoms with Crippen LogP contribution in [-0.2, 0) is 14.8 Å². The van der Waals surface area contributed by atoms with Crippen LogP contribution in [0.2, 0.25) is 0 Å². The third-order valence-corrected chi connectivity index (χ3v) is 5.79. The minimum absolute atomic E-state index is 0.246. The molecule has 0 radical (unpaired) electrons. The zero-order valence-corrected chi connectivity index (χ0v) is 12.8. The zero-order valence-electron chi connectivity index (χ0n) is 10.4. The second-order valence-corrected chi connectivity index (χ2v) is 7.86. The Morgan fingerprint density at radius 2 is 2.21 bits per heavy atom. The van der Waals surface area contributed by atoms with Crippen molar-refractivity contribution < 1.29 is 13.2 Å². The van der Waals surface area contributed by atoms with Crippen molar-refractivity contribution >= 4 is 26.0 Å². The summed E-state index contributed by atoms with van der Waals surface area (Å²) >= 11 is 3.29. The van der Waals surface area contributed by atoms with Gasteiger partial charge in [-0.15, -0.1) is 0 Å². The zero-order chi connectivity index (χ0) is 13.5. The number of rotatable bonds is 4. The molecule has 0 saturated carbocycles. The number of benzene rings is 1. The van der Waals surface area contributed by atoms with Gasteiger partial charge in [0.1, 0.15) is 0 Å². The minimum Gasteiger partial charge on any atom is -0.375 e. The van der Waals surface area contributed by atoms with Gasteiger partial charge in [0.05, 0.1) is 17.1 Å². The molecule has 104 valence electrons. The number of halogens is 1. The fourth-order valence-corrected chi connectivity index (χ4v) is 4.58. The first-order valence-corrected chi connectivity index (χ1v) is 8.73. The maximum Gasteiger partial charge on any atom is 0.240 e. The Kier molecular flexibility index (Phi) is 3.68. The second kappa shape index (κ2) is 5.16. The highest BCUT2D eigenvalue weighted by atomic mass is 79.9. The van der Waals surface area contributed by atoms with Crippen molar-refractivity contribution in [2.75, 3.05) is 6.54 Å². The number of nitrogens with one attached hydrogen (secondary N) is 1. The molecule has 2 aliphatic heterocycles. The smallest absolute Gasteiger partial charge is 0.240 e. The van der Waals surface area contributed by atoms with Gasteiger partial charge in [-0.25, -0.2) is 13.1 Å². The summed E-state index contributed by atoms with van der Waals surface area (Å²) in [5.41, 5.74) is 0. The number of hydrogen-bond acceptors (Lipinski definition) is 3. The summed E-state index contributed by atoms with van der Waals surface area (Å²) < 4.78 is 33.5. The first-order chi connectivity index (χ1) is 9.04. The summed E-state index contributed by atoms with van der Waals surface area (Å²) in [5.74, 6) is 0.320. The van der Waals surface area contributed by atoms with Crippen LogP contribution in [0.1, 0.15) is 19.3 Å². The van der Waals surface area contributed by atoms with E-state index in [0.29, 0.717) is 23.5 Å². The SMILES string of the molecule is O=S(=O)(NCC1CC2CCC1O2)c1cccc(Br)c1. The highest BCUT2D eigenvalue weighted by Gasteiger charge is 2.40. The third kappa shape index (κ3) is 2.86. The summed E-state index contributed by atoms with van der Waals surface area (Å²) in [6, 6.07) is 6.74. The molecule has 2 heterocycles. The van der Waals surface area contributed by atoms with Crippen LogP contribution in [0.5, 0.6) is 0 Å². The summed E-state index contributed by atoms with van der Waals surface area (Å²) in [7, 11) is -3.42. The molecular formula is C13H16BrNO3S. The molecular weight excluding hydrogens is 330 g/mol. The molecule has 0 aliphatic carbocycles. The predicted octanol–water partition coefficient (Wildman–Crippen LogP) is 2.29. The van der Waals surface area contributed by atoms with Gasteiger partial charge < -0.3 is 4.74 Å². The Balaban J connectivity index is 1.66. The number of sulfonamides is 1. The topological polar surface area (TPSA) is 55.4 Å². The maximum absolute atomic E-state index is 12.2. The van der Waals surface area contributed by atoms with Gasteiger partial charge >= 0.3 is 0 Å². The van der Waals surface area contributed by atoms with E-state index in [0.717, 1.165) is 23.7 Å². The summed E-state index contributed by atoms with van der Waals surface area (Å²) in [6.07, 6.45) is 3.76. The molecule has 1 aromatic carbocycles. The predicted molar refractivity (Wildman–Crippen MR) is 75.3 cm³/mol. The third-order valence-electron chi connectivity index (χ3n) is 3.87. The largest absolute Gasteiger partial charge is 0.375 e. The lowest BCUT2D eigenvalue weighted by molar-refractivity contribution is 0.0932. The first kappa shape index (κ1) is 13.5. The fourth-order valence-electron chi connectivity index (χ4n) is 2.89. The van der Waals surface area contributed by atoms with E-state index in [1.807, 2.05) is 6.07 Å². The molecule has 2 fully saturated rings. The summed E-state index contributed by atoms with van der Waals surface area (Å²) in [6.45, 7) is 0.468. The van der Waals surface area contributed by atoms with Gasteiger partial charge in [0.15, 0.2) is 0 Å². The van der Waals surface area contributed by atoms with Crippen LogP contribution >= 0.6 is 15.9 Å². The van der Waals surface area contributed by atoms with Crippen molar-refractivity contribution in [1.29, 1.82) is 0 Å². The van der Waals surface area contributed by atoms with Crippen LogP contribution < -0.4 is 4.72 Å². The average molecular weight is 346 g/mol. The Labute approximate surface area is 121 Å². The maximum atomic E-state index is 12.2. The summed E-state index contributed by atoms with van der Waals surface area (Å²) in [4.78, 5) is 0.297. The molecule has 2 bridgehead atoms. The molecule has 6 heteroatoms.